The lowest BCUT2D eigenvalue weighted by molar-refractivity contribution is 0.419. The van der Waals surface area contributed by atoms with E-state index in [1.807, 2.05) is 17.5 Å². The Balaban J connectivity index is 2.90. The van der Waals surface area contributed by atoms with Crippen molar-refractivity contribution in [3.05, 3.63) is 26.6 Å². The van der Waals surface area contributed by atoms with Gasteiger partial charge in [-0.25, -0.2) is 0 Å². The maximum atomic E-state index is 9.01. The van der Waals surface area contributed by atoms with Crippen molar-refractivity contribution in [1.82, 2.24) is 0 Å². The molecule has 2 rings (SSSR count). The number of hydrogen-bond donors (Lipinski definition) is 0. The molecule has 0 atom stereocenters. The number of halogens is 1. The van der Waals surface area contributed by atoms with Gasteiger partial charge in [0.2, 0.25) is 0 Å². The van der Waals surface area contributed by atoms with E-state index in [2.05, 4.69) is 28.7 Å². The van der Waals surface area contributed by atoms with Gasteiger partial charge in [0, 0.05) is 8.96 Å². The molecule has 70 valence electrons. The number of ether oxygens (including phenoxy) is 1. The summed E-state index contributed by atoms with van der Waals surface area (Å²) in [5, 5.41) is 12.0. The molecule has 2 nitrogen and oxygen atoms in total. The minimum absolute atomic E-state index is 0.747. The molecule has 0 aliphatic heterocycles. The Labute approximate surface area is 99.3 Å². The van der Waals surface area contributed by atoms with Crippen LogP contribution in [0, 0.1) is 14.9 Å². The lowest BCUT2D eigenvalue weighted by Crippen LogP contribution is -1.88. The molecule has 0 spiro atoms. The maximum Gasteiger partial charge on any atom is 0.128 e. The van der Waals surface area contributed by atoms with Gasteiger partial charge in [0.25, 0.3) is 0 Å². The zero-order valence-corrected chi connectivity index (χ0v) is 10.3. The van der Waals surface area contributed by atoms with Crippen molar-refractivity contribution in [1.29, 1.82) is 5.26 Å². The summed E-state index contributed by atoms with van der Waals surface area (Å²) in [5.41, 5.74) is 0.747. The van der Waals surface area contributed by atoms with Crippen LogP contribution in [-0.2, 0) is 0 Å². The molecule has 1 aromatic carbocycles. The highest BCUT2D eigenvalue weighted by molar-refractivity contribution is 14.1. The minimum Gasteiger partial charge on any atom is -0.496 e. The van der Waals surface area contributed by atoms with Crippen LogP contribution in [0.4, 0.5) is 0 Å². The third-order valence-corrected chi connectivity index (χ3v) is 3.77. The first-order chi connectivity index (χ1) is 6.77. The summed E-state index contributed by atoms with van der Waals surface area (Å²) >= 11 is 3.73. The Morgan fingerprint density at radius 3 is 3.00 bits per heavy atom. The molecule has 0 saturated heterocycles. The van der Waals surface area contributed by atoms with E-state index >= 15 is 0 Å². The van der Waals surface area contributed by atoms with E-state index in [4.69, 9.17) is 10.00 Å². The summed E-state index contributed by atoms with van der Waals surface area (Å²) in [5.74, 6) is 0.838. The highest BCUT2D eigenvalue weighted by Crippen LogP contribution is 2.35. The van der Waals surface area contributed by atoms with Gasteiger partial charge in [-0.2, -0.15) is 5.26 Å². The number of methoxy groups -OCH3 is 1. The van der Waals surface area contributed by atoms with Crippen LogP contribution < -0.4 is 4.74 Å². The summed E-state index contributed by atoms with van der Waals surface area (Å²) in [6.07, 6.45) is 0. The van der Waals surface area contributed by atoms with E-state index < -0.39 is 0 Å². The first-order valence-corrected chi connectivity index (χ1v) is 5.87. The Morgan fingerprint density at radius 2 is 2.36 bits per heavy atom. The fourth-order valence-corrected chi connectivity index (χ4v) is 3.11. The van der Waals surface area contributed by atoms with Crippen LogP contribution in [0.15, 0.2) is 17.5 Å². The summed E-state index contributed by atoms with van der Waals surface area (Å²) in [7, 11) is 1.65. The highest BCUT2D eigenvalue weighted by atomic mass is 127. The third kappa shape index (κ3) is 1.37. The van der Waals surface area contributed by atoms with Gasteiger partial charge in [-0.1, -0.05) is 0 Å². The van der Waals surface area contributed by atoms with Crippen molar-refractivity contribution >= 4 is 44.0 Å². The average molecular weight is 315 g/mol. The van der Waals surface area contributed by atoms with E-state index in [1.54, 1.807) is 18.4 Å². The van der Waals surface area contributed by atoms with E-state index in [1.165, 1.54) is 0 Å². The number of fused-ring (bicyclic) bond motifs is 1. The van der Waals surface area contributed by atoms with E-state index in [9.17, 15) is 0 Å². The number of hydrogen-bond acceptors (Lipinski definition) is 3. The van der Waals surface area contributed by atoms with Crippen LogP contribution in [0.2, 0.25) is 0 Å². The molecular weight excluding hydrogens is 309 g/mol. The first kappa shape index (κ1) is 9.74. The van der Waals surface area contributed by atoms with Crippen molar-refractivity contribution in [2.75, 3.05) is 7.11 Å². The Bertz CT molecular complexity index is 527. The molecule has 0 N–H and O–H groups in total. The van der Waals surface area contributed by atoms with Gasteiger partial charge >= 0.3 is 0 Å². The van der Waals surface area contributed by atoms with Crippen LogP contribution in [0.5, 0.6) is 5.75 Å². The minimum atomic E-state index is 0.747. The Morgan fingerprint density at radius 1 is 1.57 bits per heavy atom. The molecule has 1 heterocycles. The number of benzene rings is 1. The largest absolute Gasteiger partial charge is 0.496 e. The second-order valence-corrected chi connectivity index (χ2v) is 4.79. The van der Waals surface area contributed by atoms with Crippen LogP contribution in [0.3, 0.4) is 0 Å². The van der Waals surface area contributed by atoms with Gasteiger partial charge < -0.3 is 4.74 Å². The number of rotatable bonds is 1. The maximum absolute atomic E-state index is 9.01. The molecule has 0 radical (unpaired) electrons. The van der Waals surface area contributed by atoms with Gasteiger partial charge in [-0.15, -0.1) is 11.3 Å². The molecule has 0 saturated carbocycles. The van der Waals surface area contributed by atoms with E-state index in [0.29, 0.717) is 0 Å². The van der Waals surface area contributed by atoms with Crippen LogP contribution in [-0.4, -0.2) is 7.11 Å². The van der Waals surface area contributed by atoms with E-state index in [-0.39, 0.29) is 0 Å². The topological polar surface area (TPSA) is 33.0 Å². The van der Waals surface area contributed by atoms with Crippen LogP contribution in [0.25, 0.3) is 10.1 Å². The van der Waals surface area contributed by atoms with Gasteiger partial charge in [0.15, 0.2) is 0 Å². The second-order valence-electron chi connectivity index (χ2n) is 2.71. The lowest BCUT2D eigenvalue weighted by Gasteiger charge is -2.04. The predicted octanol–water partition coefficient (Wildman–Crippen LogP) is 3.39. The fraction of sp³-hybridized carbons (Fsp3) is 0.100. The van der Waals surface area contributed by atoms with Gasteiger partial charge in [-0.05, 0) is 40.1 Å². The molecule has 14 heavy (non-hydrogen) atoms. The number of thiophene rings is 1. The van der Waals surface area contributed by atoms with Crippen LogP contribution in [0.1, 0.15) is 5.56 Å². The Hall–Kier alpha value is -0.800. The smallest absolute Gasteiger partial charge is 0.128 e. The first-order valence-electron chi connectivity index (χ1n) is 3.91. The van der Waals surface area contributed by atoms with Gasteiger partial charge in [0.05, 0.1) is 17.4 Å². The van der Waals surface area contributed by atoms with Crippen molar-refractivity contribution in [2.45, 2.75) is 0 Å². The van der Waals surface area contributed by atoms with Gasteiger partial charge in [-0.3, -0.25) is 0 Å². The molecule has 0 aliphatic carbocycles. The number of nitrogens with zero attached hydrogens (tertiary/aromatic N) is 1. The zero-order chi connectivity index (χ0) is 10.1. The standard InChI is InChI=1S/C10H6INOS/c1-13-9-4-8(11)7(5-12)10-6(9)2-3-14-10/h2-4H,1H3. The predicted molar refractivity (Wildman–Crippen MR) is 65.8 cm³/mol. The van der Waals surface area contributed by atoms with Crippen molar-refractivity contribution in [3.8, 4) is 11.8 Å². The highest BCUT2D eigenvalue weighted by Gasteiger charge is 2.11. The molecule has 0 unspecified atom stereocenters. The van der Waals surface area contributed by atoms with Crippen LogP contribution >= 0.6 is 33.9 Å². The quantitative estimate of drug-likeness (QED) is 0.756. The fourth-order valence-electron chi connectivity index (χ4n) is 1.34. The summed E-state index contributed by atoms with van der Waals surface area (Å²) in [4.78, 5) is 0. The number of nitriles is 1. The van der Waals surface area contributed by atoms with Crippen molar-refractivity contribution < 1.29 is 4.74 Å². The van der Waals surface area contributed by atoms with Crippen molar-refractivity contribution in [3.63, 3.8) is 0 Å². The molecule has 0 fully saturated rings. The molecule has 0 aliphatic rings. The molecule has 0 bridgehead atoms. The molecule has 1 aromatic heterocycles. The van der Waals surface area contributed by atoms with Gasteiger partial charge in [0.1, 0.15) is 11.8 Å². The summed E-state index contributed by atoms with van der Waals surface area (Å²) < 4.78 is 7.21. The zero-order valence-electron chi connectivity index (χ0n) is 7.37. The molecular formula is C10H6INOS. The lowest BCUT2D eigenvalue weighted by atomic mass is 10.1. The monoisotopic (exact) mass is 315 g/mol. The second kappa shape index (κ2) is 3.75. The SMILES string of the molecule is COc1cc(I)c(C#N)c2sccc12. The normalized spacial score (nSPS) is 10.1. The van der Waals surface area contributed by atoms with Crippen molar-refractivity contribution in [2.24, 2.45) is 0 Å². The summed E-state index contributed by atoms with van der Waals surface area (Å²) in [6, 6.07) is 6.10. The summed E-state index contributed by atoms with van der Waals surface area (Å²) in [6.45, 7) is 0. The molecule has 2 aromatic rings. The Kier molecular flexibility index (Phi) is 2.61. The van der Waals surface area contributed by atoms with E-state index in [0.717, 1.165) is 25.0 Å². The average Bonchev–Trinajstić information content (AvgIpc) is 2.65. The molecule has 0 amide bonds. The third-order valence-electron chi connectivity index (χ3n) is 1.99. The molecule has 4 heteroatoms.